The number of hydrogen-bond acceptors (Lipinski definition) is 4. The molecule has 2 atom stereocenters. The zero-order valence-corrected chi connectivity index (χ0v) is 11.8. The van der Waals surface area contributed by atoms with Crippen molar-refractivity contribution in [2.24, 2.45) is 0 Å². The molecule has 7 nitrogen and oxygen atoms in total. The summed E-state index contributed by atoms with van der Waals surface area (Å²) in [5.74, 6) is -1.75. The third-order valence-electron chi connectivity index (χ3n) is 2.67. The highest BCUT2D eigenvalue weighted by atomic mass is 16.5. The van der Waals surface area contributed by atoms with Crippen LogP contribution in [0, 0.1) is 0 Å². The Morgan fingerprint density at radius 1 is 1.10 bits per heavy atom. The standard InChI is InChI=1S/C14H18N2O5/c1-9(12(17)15-10(2)13(18)19)16-14(20)21-8-11-6-4-3-5-7-11/h3-7,9-10H,8H2,1-2H3,(H,15,17)(H,16,20)(H,18,19)/t9-,10-/m1/s1. The van der Waals surface area contributed by atoms with Gasteiger partial charge in [-0.25, -0.2) is 4.79 Å². The van der Waals surface area contributed by atoms with Crippen molar-refractivity contribution in [3.63, 3.8) is 0 Å². The van der Waals surface area contributed by atoms with Crippen LogP contribution in [0.25, 0.3) is 0 Å². The van der Waals surface area contributed by atoms with Crippen LogP contribution in [0.2, 0.25) is 0 Å². The van der Waals surface area contributed by atoms with Gasteiger partial charge in [0.05, 0.1) is 0 Å². The molecule has 0 bridgehead atoms. The molecular weight excluding hydrogens is 276 g/mol. The molecule has 0 saturated carbocycles. The van der Waals surface area contributed by atoms with Gasteiger partial charge < -0.3 is 20.5 Å². The molecule has 0 unspecified atom stereocenters. The van der Waals surface area contributed by atoms with Gasteiger partial charge in [0.25, 0.3) is 0 Å². The third kappa shape index (κ3) is 5.94. The van der Waals surface area contributed by atoms with Gasteiger partial charge in [0, 0.05) is 0 Å². The zero-order chi connectivity index (χ0) is 15.8. The fourth-order valence-corrected chi connectivity index (χ4v) is 1.41. The predicted octanol–water partition coefficient (Wildman–Crippen LogP) is 0.891. The van der Waals surface area contributed by atoms with E-state index in [0.717, 1.165) is 5.56 Å². The first-order valence-electron chi connectivity index (χ1n) is 6.40. The third-order valence-corrected chi connectivity index (χ3v) is 2.67. The van der Waals surface area contributed by atoms with Crippen molar-refractivity contribution in [3.8, 4) is 0 Å². The monoisotopic (exact) mass is 294 g/mol. The van der Waals surface area contributed by atoms with E-state index in [0.29, 0.717) is 0 Å². The molecule has 114 valence electrons. The number of carbonyl (C=O) groups excluding carboxylic acids is 2. The lowest BCUT2D eigenvalue weighted by molar-refractivity contribution is -0.141. The first-order chi connectivity index (χ1) is 9.90. The van der Waals surface area contributed by atoms with Crippen molar-refractivity contribution in [2.75, 3.05) is 0 Å². The average molecular weight is 294 g/mol. The normalized spacial score (nSPS) is 12.9. The molecule has 7 heteroatoms. The van der Waals surface area contributed by atoms with E-state index in [-0.39, 0.29) is 6.61 Å². The highest BCUT2D eigenvalue weighted by Gasteiger charge is 2.20. The van der Waals surface area contributed by atoms with Gasteiger partial charge in [0.2, 0.25) is 5.91 Å². The van der Waals surface area contributed by atoms with Crippen LogP contribution in [0.5, 0.6) is 0 Å². The Balaban J connectivity index is 2.36. The Morgan fingerprint density at radius 3 is 2.29 bits per heavy atom. The molecule has 3 N–H and O–H groups in total. The summed E-state index contributed by atoms with van der Waals surface area (Å²) in [5, 5.41) is 13.3. The van der Waals surface area contributed by atoms with Gasteiger partial charge in [-0.15, -0.1) is 0 Å². The minimum atomic E-state index is -1.15. The molecule has 0 aliphatic carbocycles. The number of carboxylic acids is 1. The van der Waals surface area contributed by atoms with E-state index in [9.17, 15) is 14.4 Å². The first kappa shape index (κ1) is 16.5. The quantitative estimate of drug-likeness (QED) is 0.722. The number of carbonyl (C=O) groups is 3. The summed E-state index contributed by atoms with van der Waals surface area (Å²) < 4.78 is 4.95. The molecule has 0 aromatic heterocycles. The molecule has 1 rings (SSSR count). The molecule has 1 aromatic carbocycles. The Labute approximate surface area is 122 Å². The highest BCUT2D eigenvalue weighted by molar-refractivity contribution is 5.88. The Bertz CT molecular complexity index is 503. The van der Waals surface area contributed by atoms with E-state index < -0.39 is 30.1 Å². The van der Waals surface area contributed by atoms with Gasteiger partial charge in [-0.05, 0) is 19.4 Å². The van der Waals surface area contributed by atoms with Crippen LogP contribution < -0.4 is 10.6 Å². The van der Waals surface area contributed by atoms with Crippen LogP contribution in [-0.4, -0.2) is 35.2 Å². The van der Waals surface area contributed by atoms with Crippen LogP contribution in [-0.2, 0) is 20.9 Å². The van der Waals surface area contributed by atoms with E-state index >= 15 is 0 Å². The van der Waals surface area contributed by atoms with E-state index in [1.165, 1.54) is 13.8 Å². The summed E-state index contributed by atoms with van der Waals surface area (Å²) in [6.07, 6.45) is -0.746. The lowest BCUT2D eigenvalue weighted by Crippen LogP contribution is -2.49. The molecule has 0 fully saturated rings. The van der Waals surface area contributed by atoms with Crippen molar-refractivity contribution in [3.05, 3.63) is 35.9 Å². The van der Waals surface area contributed by atoms with Crippen molar-refractivity contribution < 1.29 is 24.2 Å². The van der Waals surface area contributed by atoms with E-state index in [4.69, 9.17) is 9.84 Å². The number of rotatable bonds is 6. The fourth-order valence-electron chi connectivity index (χ4n) is 1.41. The number of alkyl carbamates (subject to hydrolysis) is 1. The summed E-state index contributed by atoms with van der Waals surface area (Å²) in [7, 11) is 0. The first-order valence-corrected chi connectivity index (χ1v) is 6.40. The Kier molecular flexibility index (Phi) is 6.19. The second-order valence-corrected chi connectivity index (χ2v) is 4.50. The van der Waals surface area contributed by atoms with Crippen molar-refractivity contribution in [2.45, 2.75) is 32.5 Å². The van der Waals surface area contributed by atoms with Gasteiger partial charge in [-0.3, -0.25) is 9.59 Å². The smallest absolute Gasteiger partial charge is 0.408 e. The van der Waals surface area contributed by atoms with E-state index in [1.54, 1.807) is 12.1 Å². The maximum absolute atomic E-state index is 11.6. The largest absolute Gasteiger partial charge is 0.480 e. The number of carboxylic acid groups (broad SMARTS) is 1. The van der Waals surface area contributed by atoms with Crippen molar-refractivity contribution >= 4 is 18.0 Å². The van der Waals surface area contributed by atoms with Gasteiger partial charge in [0.15, 0.2) is 0 Å². The maximum atomic E-state index is 11.6. The topological polar surface area (TPSA) is 105 Å². The van der Waals surface area contributed by atoms with Crippen LogP contribution in [0.1, 0.15) is 19.4 Å². The number of ether oxygens (including phenoxy) is 1. The molecule has 2 amide bonds. The average Bonchev–Trinajstić information content (AvgIpc) is 2.45. The lowest BCUT2D eigenvalue weighted by Gasteiger charge is -2.16. The van der Waals surface area contributed by atoms with Gasteiger partial charge in [-0.2, -0.15) is 0 Å². The SMILES string of the molecule is C[C@@H](NC(=O)[C@@H](C)NC(=O)OCc1ccccc1)C(=O)O. The predicted molar refractivity (Wildman–Crippen MR) is 74.5 cm³/mol. The van der Waals surface area contributed by atoms with Gasteiger partial charge in [-0.1, -0.05) is 30.3 Å². The summed E-state index contributed by atoms with van der Waals surface area (Å²) >= 11 is 0. The van der Waals surface area contributed by atoms with Crippen LogP contribution in [0.4, 0.5) is 4.79 Å². The van der Waals surface area contributed by atoms with Crippen molar-refractivity contribution in [1.29, 1.82) is 0 Å². The molecule has 0 heterocycles. The van der Waals surface area contributed by atoms with Crippen LogP contribution in [0.3, 0.4) is 0 Å². The number of amides is 2. The molecule has 1 aromatic rings. The summed E-state index contributed by atoms with van der Waals surface area (Å²) in [6.45, 7) is 2.86. The molecule has 21 heavy (non-hydrogen) atoms. The van der Waals surface area contributed by atoms with Crippen LogP contribution in [0.15, 0.2) is 30.3 Å². The molecule has 0 aliphatic heterocycles. The summed E-state index contributed by atoms with van der Waals surface area (Å²) in [4.78, 5) is 33.8. The summed E-state index contributed by atoms with van der Waals surface area (Å²) in [5.41, 5.74) is 0.823. The molecule has 0 spiro atoms. The number of nitrogens with one attached hydrogen (secondary N) is 2. The Hall–Kier alpha value is -2.57. The summed E-state index contributed by atoms with van der Waals surface area (Å²) in [6, 6.07) is 7.17. The highest BCUT2D eigenvalue weighted by Crippen LogP contribution is 2.00. The zero-order valence-electron chi connectivity index (χ0n) is 11.8. The van der Waals surface area contributed by atoms with Crippen molar-refractivity contribution in [1.82, 2.24) is 10.6 Å². The maximum Gasteiger partial charge on any atom is 0.408 e. The fraction of sp³-hybridized carbons (Fsp3) is 0.357. The molecular formula is C14H18N2O5. The Morgan fingerprint density at radius 2 is 1.71 bits per heavy atom. The number of benzene rings is 1. The van der Waals surface area contributed by atoms with Gasteiger partial charge in [0.1, 0.15) is 18.7 Å². The van der Waals surface area contributed by atoms with Gasteiger partial charge >= 0.3 is 12.1 Å². The molecule has 0 radical (unpaired) electrons. The second kappa shape index (κ2) is 7.88. The van der Waals surface area contributed by atoms with E-state index in [1.807, 2.05) is 18.2 Å². The van der Waals surface area contributed by atoms with Crippen LogP contribution >= 0.6 is 0 Å². The van der Waals surface area contributed by atoms with E-state index in [2.05, 4.69) is 10.6 Å². The number of hydrogen-bond donors (Lipinski definition) is 3. The minimum Gasteiger partial charge on any atom is -0.480 e. The minimum absolute atomic E-state index is 0.0898. The molecule has 0 aliphatic rings. The lowest BCUT2D eigenvalue weighted by atomic mass is 10.2. The second-order valence-electron chi connectivity index (χ2n) is 4.50. The number of aliphatic carboxylic acids is 1. The molecule has 0 saturated heterocycles.